The standard InChI is InChI=1S/C15H19ClN2O/c1-15(7-3-4-8-15)18-13-6-5-11(19-2)9-12(13)17-14(18)10-16/h5-6,9H,3-4,7-8,10H2,1-2H3. The van der Waals surface area contributed by atoms with Gasteiger partial charge in [0.1, 0.15) is 11.6 Å². The Bertz CT molecular complexity index is 599. The summed E-state index contributed by atoms with van der Waals surface area (Å²) in [7, 11) is 1.68. The first-order valence-corrected chi connectivity index (χ1v) is 7.33. The third-order valence-corrected chi connectivity index (χ3v) is 4.51. The van der Waals surface area contributed by atoms with Gasteiger partial charge >= 0.3 is 0 Å². The van der Waals surface area contributed by atoms with Gasteiger partial charge in [0.05, 0.1) is 24.0 Å². The predicted molar refractivity (Wildman–Crippen MR) is 78.0 cm³/mol. The number of benzene rings is 1. The molecule has 1 aliphatic rings. The van der Waals surface area contributed by atoms with E-state index >= 15 is 0 Å². The first kappa shape index (κ1) is 12.8. The first-order valence-electron chi connectivity index (χ1n) is 6.80. The normalized spacial score (nSPS) is 18.1. The highest BCUT2D eigenvalue weighted by molar-refractivity contribution is 6.16. The van der Waals surface area contributed by atoms with Gasteiger partial charge in [-0.15, -0.1) is 11.6 Å². The molecule has 0 bridgehead atoms. The lowest BCUT2D eigenvalue weighted by Gasteiger charge is -2.28. The zero-order chi connectivity index (χ0) is 13.5. The van der Waals surface area contributed by atoms with Crippen LogP contribution in [0, 0.1) is 0 Å². The van der Waals surface area contributed by atoms with Crippen molar-refractivity contribution in [3.8, 4) is 5.75 Å². The fourth-order valence-electron chi connectivity index (χ4n) is 3.29. The van der Waals surface area contributed by atoms with Crippen molar-refractivity contribution in [3.05, 3.63) is 24.0 Å². The van der Waals surface area contributed by atoms with Crippen LogP contribution in [0.5, 0.6) is 5.75 Å². The third kappa shape index (κ3) is 2.00. The van der Waals surface area contributed by atoms with E-state index in [4.69, 9.17) is 16.3 Å². The molecule has 1 saturated carbocycles. The van der Waals surface area contributed by atoms with E-state index in [1.54, 1.807) is 7.11 Å². The number of nitrogens with zero attached hydrogens (tertiary/aromatic N) is 2. The number of hydrogen-bond donors (Lipinski definition) is 0. The van der Waals surface area contributed by atoms with Gasteiger partial charge in [-0.3, -0.25) is 0 Å². The molecule has 1 fully saturated rings. The summed E-state index contributed by atoms with van der Waals surface area (Å²) < 4.78 is 7.62. The summed E-state index contributed by atoms with van der Waals surface area (Å²) in [6, 6.07) is 6.08. The van der Waals surface area contributed by atoms with Crippen LogP contribution in [0.3, 0.4) is 0 Å². The Kier molecular flexibility index (Phi) is 3.17. The smallest absolute Gasteiger partial charge is 0.125 e. The summed E-state index contributed by atoms with van der Waals surface area (Å²) >= 11 is 6.10. The number of rotatable bonds is 3. The van der Waals surface area contributed by atoms with Crippen LogP contribution in [0.2, 0.25) is 0 Å². The lowest BCUT2D eigenvalue weighted by Crippen LogP contribution is -2.27. The van der Waals surface area contributed by atoms with Crippen LogP contribution in [0.4, 0.5) is 0 Å². The van der Waals surface area contributed by atoms with Crippen molar-refractivity contribution in [2.24, 2.45) is 0 Å². The molecule has 4 heteroatoms. The van der Waals surface area contributed by atoms with Gasteiger partial charge in [-0.05, 0) is 31.9 Å². The molecular formula is C15H19ClN2O. The van der Waals surface area contributed by atoms with Gasteiger partial charge in [0, 0.05) is 11.6 Å². The van der Waals surface area contributed by atoms with Crippen LogP contribution < -0.4 is 4.74 Å². The number of imidazole rings is 1. The van der Waals surface area contributed by atoms with E-state index in [2.05, 4.69) is 22.5 Å². The Hall–Kier alpha value is -1.22. The fourth-order valence-corrected chi connectivity index (χ4v) is 3.47. The second-order valence-corrected chi connectivity index (χ2v) is 5.82. The fraction of sp³-hybridized carbons (Fsp3) is 0.533. The third-order valence-electron chi connectivity index (χ3n) is 4.27. The molecule has 0 atom stereocenters. The van der Waals surface area contributed by atoms with Gasteiger partial charge in [-0.2, -0.15) is 0 Å². The molecule has 0 saturated heterocycles. The quantitative estimate of drug-likeness (QED) is 0.791. The minimum Gasteiger partial charge on any atom is -0.497 e. The molecule has 1 aliphatic carbocycles. The van der Waals surface area contributed by atoms with Crippen LogP contribution in [-0.2, 0) is 11.4 Å². The minimum atomic E-state index is 0.160. The van der Waals surface area contributed by atoms with E-state index in [1.165, 1.54) is 31.2 Å². The Morgan fingerprint density at radius 2 is 2.11 bits per heavy atom. The molecule has 1 aromatic carbocycles. The molecular weight excluding hydrogens is 260 g/mol. The van der Waals surface area contributed by atoms with Crippen molar-refractivity contribution in [2.45, 2.75) is 44.0 Å². The monoisotopic (exact) mass is 278 g/mol. The summed E-state index contributed by atoms with van der Waals surface area (Å²) in [5.41, 5.74) is 2.30. The lowest BCUT2D eigenvalue weighted by molar-refractivity contribution is 0.331. The van der Waals surface area contributed by atoms with Crippen molar-refractivity contribution >= 4 is 22.6 Å². The zero-order valence-electron chi connectivity index (χ0n) is 11.4. The summed E-state index contributed by atoms with van der Waals surface area (Å²) in [6.45, 7) is 2.32. The van der Waals surface area contributed by atoms with Crippen molar-refractivity contribution in [2.75, 3.05) is 7.11 Å². The van der Waals surface area contributed by atoms with Crippen molar-refractivity contribution in [1.82, 2.24) is 9.55 Å². The second kappa shape index (κ2) is 4.71. The molecule has 0 N–H and O–H groups in total. The van der Waals surface area contributed by atoms with E-state index < -0.39 is 0 Å². The molecule has 19 heavy (non-hydrogen) atoms. The SMILES string of the molecule is COc1ccc2c(c1)nc(CCl)n2C1(C)CCCC1. The molecule has 3 rings (SSSR count). The largest absolute Gasteiger partial charge is 0.497 e. The molecule has 2 aromatic rings. The average Bonchev–Trinajstić information content (AvgIpc) is 3.01. The predicted octanol–water partition coefficient (Wildman–Crippen LogP) is 4.07. The highest BCUT2D eigenvalue weighted by Crippen LogP contribution is 2.40. The van der Waals surface area contributed by atoms with Crippen LogP contribution >= 0.6 is 11.6 Å². The average molecular weight is 279 g/mol. The Morgan fingerprint density at radius 1 is 1.37 bits per heavy atom. The number of methoxy groups -OCH3 is 1. The minimum absolute atomic E-state index is 0.160. The summed E-state index contributed by atoms with van der Waals surface area (Å²) in [4.78, 5) is 4.68. The van der Waals surface area contributed by atoms with Crippen molar-refractivity contribution in [1.29, 1.82) is 0 Å². The lowest BCUT2D eigenvalue weighted by atomic mass is 9.99. The Balaban J connectivity index is 2.21. The number of aromatic nitrogens is 2. The number of ether oxygens (including phenoxy) is 1. The molecule has 0 unspecified atom stereocenters. The van der Waals surface area contributed by atoms with Crippen LogP contribution in [0.15, 0.2) is 18.2 Å². The molecule has 0 spiro atoms. The van der Waals surface area contributed by atoms with Crippen molar-refractivity contribution < 1.29 is 4.74 Å². The topological polar surface area (TPSA) is 27.1 Å². The number of hydrogen-bond acceptors (Lipinski definition) is 2. The Morgan fingerprint density at radius 3 is 2.74 bits per heavy atom. The number of fused-ring (bicyclic) bond motifs is 1. The molecule has 1 heterocycles. The van der Waals surface area contributed by atoms with Crippen LogP contribution in [-0.4, -0.2) is 16.7 Å². The van der Waals surface area contributed by atoms with E-state index in [0.717, 1.165) is 17.1 Å². The van der Waals surface area contributed by atoms with E-state index in [0.29, 0.717) is 5.88 Å². The summed E-state index contributed by atoms with van der Waals surface area (Å²) in [5.74, 6) is 2.26. The maximum atomic E-state index is 6.10. The molecule has 102 valence electrons. The highest BCUT2D eigenvalue weighted by atomic mass is 35.5. The summed E-state index contributed by atoms with van der Waals surface area (Å²) in [5, 5.41) is 0. The van der Waals surface area contributed by atoms with Crippen LogP contribution in [0.1, 0.15) is 38.4 Å². The van der Waals surface area contributed by atoms with Gasteiger partial charge < -0.3 is 9.30 Å². The second-order valence-electron chi connectivity index (χ2n) is 5.56. The van der Waals surface area contributed by atoms with Gasteiger partial charge in [0.2, 0.25) is 0 Å². The van der Waals surface area contributed by atoms with Gasteiger partial charge in [0.25, 0.3) is 0 Å². The van der Waals surface area contributed by atoms with Gasteiger partial charge in [-0.25, -0.2) is 4.98 Å². The molecule has 0 amide bonds. The zero-order valence-corrected chi connectivity index (χ0v) is 12.2. The van der Waals surface area contributed by atoms with E-state index in [9.17, 15) is 0 Å². The highest BCUT2D eigenvalue weighted by Gasteiger charge is 2.33. The number of alkyl halides is 1. The molecule has 0 aliphatic heterocycles. The first-order chi connectivity index (χ1) is 9.18. The van der Waals surface area contributed by atoms with E-state index in [-0.39, 0.29) is 5.54 Å². The maximum absolute atomic E-state index is 6.10. The van der Waals surface area contributed by atoms with Gasteiger partial charge in [0.15, 0.2) is 0 Å². The summed E-state index contributed by atoms with van der Waals surface area (Å²) in [6.07, 6.45) is 4.98. The van der Waals surface area contributed by atoms with Crippen LogP contribution in [0.25, 0.3) is 11.0 Å². The molecule has 1 aromatic heterocycles. The van der Waals surface area contributed by atoms with Gasteiger partial charge in [-0.1, -0.05) is 12.8 Å². The van der Waals surface area contributed by atoms with Crippen molar-refractivity contribution in [3.63, 3.8) is 0 Å². The maximum Gasteiger partial charge on any atom is 0.125 e. The number of halogens is 1. The molecule has 3 nitrogen and oxygen atoms in total. The van der Waals surface area contributed by atoms with E-state index in [1.807, 2.05) is 12.1 Å². The Labute approximate surface area is 118 Å². The molecule has 0 radical (unpaired) electrons.